The standard InChI is InChI=1S/C15H19NO6/c1-10-3-4-11(12(7-10)20-2)22-9-14(17)16-5-6-21-13(8-16)15(18)19/h3-4,7,13H,5-6,8-9H2,1-2H3,(H,18,19). The van der Waals surface area contributed by atoms with Gasteiger partial charge in [0.1, 0.15) is 0 Å². The van der Waals surface area contributed by atoms with Crippen molar-refractivity contribution in [3.8, 4) is 11.5 Å². The summed E-state index contributed by atoms with van der Waals surface area (Å²) in [7, 11) is 1.53. The highest BCUT2D eigenvalue weighted by Crippen LogP contribution is 2.27. The van der Waals surface area contributed by atoms with Gasteiger partial charge in [0, 0.05) is 6.54 Å². The van der Waals surface area contributed by atoms with Gasteiger partial charge < -0.3 is 24.2 Å². The number of ether oxygens (including phenoxy) is 3. The lowest BCUT2D eigenvalue weighted by Gasteiger charge is -2.30. The van der Waals surface area contributed by atoms with E-state index in [1.165, 1.54) is 12.0 Å². The number of morpholine rings is 1. The maximum atomic E-state index is 12.1. The van der Waals surface area contributed by atoms with Crippen LogP contribution in [0.5, 0.6) is 11.5 Å². The van der Waals surface area contributed by atoms with Crippen LogP contribution in [0.4, 0.5) is 0 Å². The first-order chi connectivity index (χ1) is 10.5. The van der Waals surface area contributed by atoms with Crippen LogP contribution in [-0.2, 0) is 14.3 Å². The van der Waals surface area contributed by atoms with Gasteiger partial charge in [0.25, 0.3) is 5.91 Å². The van der Waals surface area contributed by atoms with E-state index in [9.17, 15) is 9.59 Å². The van der Waals surface area contributed by atoms with Crippen molar-refractivity contribution in [2.24, 2.45) is 0 Å². The number of methoxy groups -OCH3 is 1. The average Bonchev–Trinajstić information content (AvgIpc) is 2.53. The van der Waals surface area contributed by atoms with Crippen LogP contribution in [0.2, 0.25) is 0 Å². The van der Waals surface area contributed by atoms with Crippen molar-refractivity contribution in [3.05, 3.63) is 23.8 Å². The van der Waals surface area contributed by atoms with Gasteiger partial charge in [0.15, 0.2) is 24.2 Å². The van der Waals surface area contributed by atoms with Crippen molar-refractivity contribution in [1.82, 2.24) is 4.90 Å². The van der Waals surface area contributed by atoms with Gasteiger partial charge in [-0.05, 0) is 24.6 Å². The molecule has 1 aromatic carbocycles. The summed E-state index contributed by atoms with van der Waals surface area (Å²) >= 11 is 0. The highest BCUT2D eigenvalue weighted by molar-refractivity contribution is 5.80. The lowest BCUT2D eigenvalue weighted by Crippen LogP contribution is -2.49. The number of nitrogens with zero attached hydrogens (tertiary/aromatic N) is 1. The second-order valence-electron chi connectivity index (χ2n) is 4.98. The Kier molecular flexibility index (Phi) is 5.21. The van der Waals surface area contributed by atoms with Gasteiger partial charge in [-0.1, -0.05) is 6.07 Å². The summed E-state index contributed by atoms with van der Waals surface area (Å²) in [5, 5.41) is 8.93. The topological polar surface area (TPSA) is 85.3 Å². The molecule has 1 atom stereocenters. The van der Waals surface area contributed by atoms with Crippen molar-refractivity contribution in [1.29, 1.82) is 0 Å². The first kappa shape index (κ1) is 16.1. The van der Waals surface area contributed by atoms with E-state index in [-0.39, 0.29) is 25.7 Å². The van der Waals surface area contributed by atoms with Gasteiger partial charge >= 0.3 is 5.97 Å². The number of hydrogen-bond donors (Lipinski definition) is 1. The highest BCUT2D eigenvalue weighted by atomic mass is 16.5. The lowest BCUT2D eigenvalue weighted by atomic mass is 10.2. The van der Waals surface area contributed by atoms with Crippen molar-refractivity contribution >= 4 is 11.9 Å². The molecule has 1 unspecified atom stereocenters. The van der Waals surface area contributed by atoms with Gasteiger partial charge in [-0.2, -0.15) is 0 Å². The van der Waals surface area contributed by atoms with E-state index >= 15 is 0 Å². The number of hydrogen-bond acceptors (Lipinski definition) is 5. The normalized spacial score (nSPS) is 17.9. The Morgan fingerprint density at radius 1 is 1.41 bits per heavy atom. The third-order valence-electron chi connectivity index (χ3n) is 3.36. The number of benzene rings is 1. The van der Waals surface area contributed by atoms with Crippen LogP contribution in [-0.4, -0.2) is 61.4 Å². The predicted molar refractivity (Wildman–Crippen MR) is 77.2 cm³/mol. The molecular formula is C15H19NO6. The summed E-state index contributed by atoms with van der Waals surface area (Å²) in [6.45, 7) is 2.35. The fourth-order valence-electron chi connectivity index (χ4n) is 2.15. The van der Waals surface area contributed by atoms with Crippen molar-refractivity contribution in [3.63, 3.8) is 0 Å². The monoisotopic (exact) mass is 309 g/mol. The second kappa shape index (κ2) is 7.13. The molecule has 7 heteroatoms. The van der Waals surface area contributed by atoms with Crippen molar-refractivity contribution in [2.75, 3.05) is 33.4 Å². The first-order valence-corrected chi connectivity index (χ1v) is 6.91. The van der Waals surface area contributed by atoms with E-state index in [0.717, 1.165) is 5.56 Å². The maximum Gasteiger partial charge on any atom is 0.334 e. The van der Waals surface area contributed by atoms with E-state index in [1.807, 2.05) is 19.1 Å². The number of amides is 1. The molecule has 0 radical (unpaired) electrons. The zero-order valence-electron chi connectivity index (χ0n) is 12.6. The van der Waals surface area contributed by atoms with Gasteiger partial charge in [-0.25, -0.2) is 4.79 Å². The minimum Gasteiger partial charge on any atom is -0.493 e. The number of carbonyl (C=O) groups is 2. The molecule has 2 rings (SSSR count). The van der Waals surface area contributed by atoms with Gasteiger partial charge in [-0.15, -0.1) is 0 Å². The Bertz CT molecular complexity index is 559. The SMILES string of the molecule is COc1cc(C)ccc1OCC(=O)N1CCOC(C(=O)O)C1. The largest absolute Gasteiger partial charge is 0.493 e. The number of carboxylic acids is 1. The average molecular weight is 309 g/mol. The number of rotatable bonds is 5. The molecule has 120 valence electrons. The number of carboxylic acid groups (broad SMARTS) is 1. The smallest absolute Gasteiger partial charge is 0.334 e. The Balaban J connectivity index is 1.94. The maximum absolute atomic E-state index is 12.1. The molecule has 22 heavy (non-hydrogen) atoms. The van der Waals surface area contributed by atoms with Crippen LogP contribution in [0.3, 0.4) is 0 Å². The van der Waals surface area contributed by atoms with E-state index in [2.05, 4.69) is 0 Å². The van der Waals surface area contributed by atoms with E-state index in [4.69, 9.17) is 19.3 Å². The van der Waals surface area contributed by atoms with Gasteiger partial charge in [-0.3, -0.25) is 4.79 Å². The quantitative estimate of drug-likeness (QED) is 0.861. The van der Waals surface area contributed by atoms with Crippen LogP contribution >= 0.6 is 0 Å². The Morgan fingerprint density at radius 2 is 2.18 bits per heavy atom. The molecule has 0 spiro atoms. The molecule has 1 aromatic rings. The third kappa shape index (κ3) is 3.88. The van der Waals surface area contributed by atoms with Crippen LogP contribution in [0.25, 0.3) is 0 Å². The molecule has 1 fully saturated rings. The zero-order chi connectivity index (χ0) is 16.1. The van der Waals surface area contributed by atoms with Crippen molar-refractivity contribution in [2.45, 2.75) is 13.0 Å². The highest BCUT2D eigenvalue weighted by Gasteiger charge is 2.29. The molecule has 1 saturated heterocycles. The van der Waals surface area contributed by atoms with E-state index in [0.29, 0.717) is 18.0 Å². The Labute approximate surface area is 128 Å². The summed E-state index contributed by atoms with van der Waals surface area (Å²) in [6.07, 6.45) is -0.980. The molecule has 1 amide bonds. The molecule has 0 saturated carbocycles. The molecule has 7 nitrogen and oxygen atoms in total. The van der Waals surface area contributed by atoms with E-state index < -0.39 is 12.1 Å². The molecule has 0 aliphatic carbocycles. The fourth-order valence-corrected chi connectivity index (χ4v) is 2.15. The van der Waals surface area contributed by atoms with Crippen LogP contribution in [0, 0.1) is 6.92 Å². The predicted octanol–water partition coefficient (Wildman–Crippen LogP) is 0.694. The van der Waals surface area contributed by atoms with Crippen LogP contribution in [0.1, 0.15) is 5.56 Å². The number of aryl methyl sites for hydroxylation is 1. The van der Waals surface area contributed by atoms with Crippen molar-refractivity contribution < 1.29 is 28.9 Å². The number of aliphatic carboxylic acids is 1. The Hall–Kier alpha value is -2.28. The zero-order valence-corrected chi connectivity index (χ0v) is 12.6. The lowest BCUT2D eigenvalue weighted by molar-refractivity contribution is -0.159. The second-order valence-corrected chi connectivity index (χ2v) is 4.98. The molecular weight excluding hydrogens is 290 g/mol. The summed E-state index contributed by atoms with van der Waals surface area (Å²) < 4.78 is 15.8. The fraction of sp³-hybridized carbons (Fsp3) is 0.467. The number of carbonyl (C=O) groups excluding carboxylic acids is 1. The molecule has 1 aliphatic heterocycles. The minimum absolute atomic E-state index is 0.0303. The molecule has 1 heterocycles. The summed E-state index contributed by atoms with van der Waals surface area (Å²) in [4.78, 5) is 24.5. The van der Waals surface area contributed by atoms with Crippen LogP contribution < -0.4 is 9.47 Å². The van der Waals surface area contributed by atoms with E-state index in [1.54, 1.807) is 6.07 Å². The molecule has 0 aromatic heterocycles. The Morgan fingerprint density at radius 3 is 2.86 bits per heavy atom. The van der Waals surface area contributed by atoms with Gasteiger partial charge in [0.05, 0.1) is 20.3 Å². The van der Waals surface area contributed by atoms with Crippen LogP contribution in [0.15, 0.2) is 18.2 Å². The molecule has 1 N–H and O–H groups in total. The third-order valence-corrected chi connectivity index (χ3v) is 3.36. The molecule has 0 bridgehead atoms. The first-order valence-electron chi connectivity index (χ1n) is 6.91. The summed E-state index contributed by atoms with van der Waals surface area (Å²) in [5.41, 5.74) is 1.02. The summed E-state index contributed by atoms with van der Waals surface area (Å²) in [5.74, 6) is -0.321. The minimum atomic E-state index is -1.07. The van der Waals surface area contributed by atoms with Gasteiger partial charge in [0.2, 0.25) is 0 Å². The summed E-state index contributed by atoms with van der Waals surface area (Å²) in [6, 6.07) is 5.41. The molecule has 1 aliphatic rings.